The highest BCUT2D eigenvalue weighted by atomic mass is 16.5. The first-order chi connectivity index (χ1) is 10.0. The molecule has 1 aromatic rings. The summed E-state index contributed by atoms with van der Waals surface area (Å²) in [6.07, 6.45) is 3.71. The Morgan fingerprint density at radius 1 is 1.33 bits per heavy atom. The van der Waals surface area contributed by atoms with Crippen LogP contribution >= 0.6 is 0 Å². The van der Waals surface area contributed by atoms with Gasteiger partial charge in [0.15, 0.2) is 0 Å². The Morgan fingerprint density at radius 2 is 2.00 bits per heavy atom. The van der Waals surface area contributed by atoms with E-state index in [-0.39, 0.29) is 5.91 Å². The highest BCUT2D eigenvalue weighted by molar-refractivity contribution is 5.97. The van der Waals surface area contributed by atoms with Crippen molar-refractivity contribution in [2.24, 2.45) is 0 Å². The van der Waals surface area contributed by atoms with E-state index in [1.807, 2.05) is 6.08 Å². The van der Waals surface area contributed by atoms with Crippen LogP contribution in [0.5, 0.6) is 0 Å². The van der Waals surface area contributed by atoms with E-state index in [0.717, 1.165) is 5.56 Å². The fraction of sp³-hybridized carbons (Fsp3) is 0.375. The quantitative estimate of drug-likeness (QED) is 0.679. The van der Waals surface area contributed by atoms with Crippen LogP contribution < -0.4 is 0 Å². The monoisotopic (exact) mass is 289 g/mol. The van der Waals surface area contributed by atoms with Crippen molar-refractivity contribution in [3.63, 3.8) is 0 Å². The normalized spacial score (nSPS) is 19.2. The summed E-state index contributed by atoms with van der Waals surface area (Å²) in [6, 6.07) is 6.08. The highest BCUT2D eigenvalue weighted by Gasteiger charge is 2.30. The number of aliphatic hydroxyl groups excluding tert-OH is 1. The van der Waals surface area contributed by atoms with E-state index in [4.69, 9.17) is 4.74 Å². The van der Waals surface area contributed by atoms with Gasteiger partial charge in [0.25, 0.3) is 5.91 Å². The van der Waals surface area contributed by atoms with Gasteiger partial charge < -0.3 is 14.7 Å². The lowest BCUT2D eigenvalue weighted by Gasteiger charge is -2.30. The predicted octanol–water partition coefficient (Wildman–Crippen LogP) is 1.68. The first-order valence-corrected chi connectivity index (χ1v) is 6.88. The van der Waals surface area contributed by atoms with Crippen LogP contribution in [0.25, 0.3) is 0 Å². The number of rotatable bonds is 3. The van der Waals surface area contributed by atoms with Crippen molar-refractivity contribution in [2.75, 3.05) is 13.7 Å². The number of nitrogens with zero attached hydrogens (tertiary/aromatic N) is 1. The molecule has 2 atom stereocenters. The van der Waals surface area contributed by atoms with E-state index in [0.29, 0.717) is 18.5 Å². The number of carbonyl (C=O) groups is 2. The molecular formula is C16H19NO4. The number of carbonyl (C=O) groups excluding carboxylic acids is 2. The zero-order valence-electron chi connectivity index (χ0n) is 12.2. The largest absolute Gasteiger partial charge is 0.467 e. The number of methoxy groups -OCH3 is 1. The maximum Gasteiger partial charge on any atom is 0.332 e. The SMILES string of the molecule is COC(=O)[C@H]1C=CCCN1C(=O)c1ccc([C@H](C)O)cc1. The molecule has 1 amide bonds. The number of benzene rings is 1. The van der Waals surface area contributed by atoms with Gasteiger partial charge in [-0.05, 0) is 31.0 Å². The smallest absolute Gasteiger partial charge is 0.332 e. The summed E-state index contributed by atoms with van der Waals surface area (Å²) in [5, 5.41) is 9.48. The van der Waals surface area contributed by atoms with Gasteiger partial charge in [0, 0.05) is 12.1 Å². The van der Waals surface area contributed by atoms with Crippen LogP contribution in [0.2, 0.25) is 0 Å². The third-order valence-electron chi connectivity index (χ3n) is 3.53. The molecule has 0 unspecified atom stereocenters. The summed E-state index contributed by atoms with van der Waals surface area (Å²) in [4.78, 5) is 25.8. The van der Waals surface area contributed by atoms with Crippen molar-refractivity contribution in [1.82, 2.24) is 4.90 Å². The lowest BCUT2D eigenvalue weighted by atomic mass is 10.0. The fourth-order valence-electron chi connectivity index (χ4n) is 2.31. The number of ether oxygens (including phenoxy) is 1. The molecule has 1 aliphatic rings. The van der Waals surface area contributed by atoms with Crippen molar-refractivity contribution in [1.29, 1.82) is 0 Å². The minimum Gasteiger partial charge on any atom is -0.467 e. The molecule has 112 valence electrons. The molecule has 21 heavy (non-hydrogen) atoms. The lowest BCUT2D eigenvalue weighted by Crippen LogP contribution is -2.46. The Bertz CT molecular complexity index is 548. The van der Waals surface area contributed by atoms with Gasteiger partial charge in [-0.1, -0.05) is 24.3 Å². The molecule has 0 aliphatic carbocycles. The molecule has 1 heterocycles. The highest BCUT2D eigenvalue weighted by Crippen LogP contribution is 2.18. The minimum absolute atomic E-state index is 0.216. The molecule has 1 N–H and O–H groups in total. The average molecular weight is 289 g/mol. The molecule has 0 fully saturated rings. The van der Waals surface area contributed by atoms with Gasteiger partial charge in [-0.25, -0.2) is 4.79 Å². The van der Waals surface area contributed by atoms with Gasteiger partial charge in [-0.2, -0.15) is 0 Å². The zero-order chi connectivity index (χ0) is 15.4. The van der Waals surface area contributed by atoms with Crippen LogP contribution in [0.1, 0.15) is 35.4 Å². The number of esters is 1. The molecule has 0 spiro atoms. The first-order valence-electron chi connectivity index (χ1n) is 6.88. The van der Waals surface area contributed by atoms with Crippen LogP contribution in [0, 0.1) is 0 Å². The maximum atomic E-state index is 12.5. The van der Waals surface area contributed by atoms with Crippen molar-refractivity contribution in [2.45, 2.75) is 25.5 Å². The van der Waals surface area contributed by atoms with Crippen LogP contribution in [-0.2, 0) is 9.53 Å². The summed E-state index contributed by atoms with van der Waals surface area (Å²) < 4.78 is 4.74. The molecule has 5 heteroatoms. The third kappa shape index (κ3) is 3.31. The van der Waals surface area contributed by atoms with Crippen LogP contribution in [-0.4, -0.2) is 41.6 Å². The van der Waals surface area contributed by atoms with Crippen molar-refractivity contribution in [3.05, 3.63) is 47.5 Å². The molecule has 1 aromatic carbocycles. The van der Waals surface area contributed by atoms with Crippen molar-refractivity contribution in [3.8, 4) is 0 Å². The van der Waals surface area contributed by atoms with Crippen LogP contribution in [0.4, 0.5) is 0 Å². The summed E-state index contributed by atoms with van der Waals surface area (Å²) in [7, 11) is 1.31. The molecule has 1 aliphatic heterocycles. The molecule has 0 bridgehead atoms. The van der Waals surface area contributed by atoms with Crippen LogP contribution in [0.3, 0.4) is 0 Å². The average Bonchev–Trinajstić information content (AvgIpc) is 2.53. The van der Waals surface area contributed by atoms with Gasteiger partial charge in [-0.3, -0.25) is 4.79 Å². The molecule has 5 nitrogen and oxygen atoms in total. The van der Waals surface area contributed by atoms with E-state index < -0.39 is 18.1 Å². The summed E-state index contributed by atoms with van der Waals surface area (Å²) >= 11 is 0. The number of aliphatic hydroxyl groups is 1. The molecule has 0 radical (unpaired) electrons. The lowest BCUT2D eigenvalue weighted by molar-refractivity contribution is -0.144. The van der Waals surface area contributed by atoms with E-state index >= 15 is 0 Å². The Labute approximate surface area is 123 Å². The second-order valence-corrected chi connectivity index (χ2v) is 4.98. The van der Waals surface area contributed by atoms with Gasteiger partial charge in [0.2, 0.25) is 0 Å². The Kier molecular flexibility index (Phi) is 4.75. The summed E-state index contributed by atoms with van der Waals surface area (Å²) in [5.41, 5.74) is 1.23. The molecular weight excluding hydrogens is 270 g/mol. The Hall–Kier alpha value is -2.14. The number of amides is 1. The summed E-state index contributed by atoms with van der Waals surface area (Å²) in [6.45, 7) is 2.15. The molecule has 0 aromatic heterocycles. The van der Waals surface area contributed by atoms with E-state index in [1.165, 1.54) is 12.0 Å². The van der Waals surface area contributed by atoms with Crippen LogP contribution in [0.15, 0.2) is 36.4 Å². The van der Waals surface area contributed by atoms with Crippen molar-refractivity contribution < 1.29 is 19.4 Å². The Morgan fingerprint density at radius 3 is 2.57 bits per heavy atom. The second kappa shape index (κ2) is 6.54. The molecule has 2 rings (SSSR count). The topological polar surface area (TPSA) is 66.8 Å². The Balaban J connectivity index is 2.21. The van der Waals surface area contributed by atoms with E-state index in [2.05, 4.69) is 0 Å². The first kappa shape index (κ1) is 15.3. The van der Waals surface area contributed by atoms with Gasteiger partial charge in [0.1, 0.15) is 6.04 Å². The summed E-state index contributed by atoms with van der Waals surface area (Å²) in [5.74, 6) is -0.660. The predicted molar refractivity (Wildman–Crippen MR) is 77.7 cm³/mol. The maximum absolute atomic E-state index is 12.5. The molecule has 0 saturated carbocycles. The number of hydrogen-bond donors (Lipinski definition) is 1. The van der Waals surface area contributed by atoms with E-state index in [1.54, 1.807) is 37.3 Å². The minimum atomic E-state index is -0.673. The van der Waals surface area contributed by atoms with Crippen molar-refractivity contribution >= 4 is 11.9 Å². The van der Waals surface area contributed by atoms with E-state index in [9.17, 15) is 14.7 Å². The number of hydrogen-bond acceptors (Lipinski definition) is 4. The molecule has 0 saturated heterocycles. The standard InChI is InChI=1S/C16H19NO4/c1-11(18)12-6-8-13(9-7-12)15(19)17-10-4-3-5-14(17)16(20)21-2/h3,5-9,11,14,18H,4,10H2,1-2H3/t11-,14+/m0/s1. The third-order valence-corrected chi connectivity index (χ3v) is 3.53. The van der Waals surface area contributed by atoms with Gasteiger partial charge in [-0.15, -0.1) is 0 Å². The van der Waals surface area contributed by atoms with Gasteiger partial charge in [0.05, 0.1) is 13.2 Å². The van der Waals surface area contributed by atoms with Gasteiger partial charge >= 0.3 is 5.97 Å². The fourth-order valence-corrected chi connectivity index (χ4v) is 2.31. The zero-order valence-corrected chi connectivity index (χ0v) is 12.2. The second-order valence-electron chi connectivity index (χ2n) is 4.98.